The Morgan fingerprint density at radius 2 is 2.40 bits per heavy atom. The Labute approximate surface area is 91.2 Å². The monoisotopic (exact) mass is 209 g/mol. The molecule has 0 N–H and O–H groups in total. The van der Waals surface area contributed by atoms with Crippen molar-refractivity contribution in [2.24, 2.45) is 4.99 Å². The summed E-state index contributed by atoms with van der Waals surface area (Å²) in [6.45, 7) is 9.71. The molecule has 0 fully saturated rings. The quantitative estimate of drug-likeness (QED) is 0.652. The SMILES string of the molecule is C=C(C)C1=NC(C)(CCCC)C(C=O)O1. The highest BCUT2D eigenvalue weighted by molar-refractivity contribution is 5.95. The van der Waals surface area contributed by atoms with Gasteiger partial charge in [0.15, 0.2) is 12.4 Å². The average molecular weight is 209 g/mol. The third-order valence-corrected chi connectivity index (χ3v) is 2.73. The Morgan fingerprint density at radius 1 is 1.73 bits per heavy atom. The predicted octanol–water partition coefficient (Wildman–Crippen LogP) is 2.51. The molecule has 0 aliphatic carbocycles. The summed E-state index contributed by atoms with van der Waals surface area (Å²) in [5.74, 6) is 0.533. The second-order valence-electron chi connectivity index (χ2n) is 4.33. The van der Waals surface area contributed by atoms with Crippen LogP contribution < -0.4 is 0 Å². The molecule has 2 unspecified atom stereocenters. The maximum Gasteiger partial charge on any atom is 0.212 e. The van der Waals surface area contributed by atoms with Gasteiger partial charge in [-0.3, -0.25) is 4.79 Å². The number of aldehydes is 1. The molecule has 0 aromatic heterocycles. The Hall–Kier alpha value is -1.12. The zero-order valence-electron chi connectivity index (χ0n) is 9.75. The number of carbonyl (C=O) groups excluding carboxylic acids is 1. The summed E-state index contributed by atoms with van der Waals surface area (Å²) in [6.07, 6.45) is 3.42. The van der Waals surface area contributed by atoms with Crippen LogP contribution >= 0.6 is 0 Å². The largest absolute Gasteiger partial charge is 0.464 e. The van der Waals surface area contributed by atoms with E-state index in [0.717, 1.165) is 31.1 Å². The van der Waals surface area contributed by atoms with Crippen molar-refractivity contribution in [2.45, 2.75) is 51.7 Å². The molecule has 3 heteroatoms. The van der Waals surface area contributed by atoms with Crippen LogP contribution in [0.15, 0.2) is 17.1 Å². The maximum absolute atomic E-state index is 10.9. The molecule has 0 amide bonds. The van der Waals surface area contributed by atoms with E-state index in [9.17, 15) is 4.79 Å². The molecule has 1 aliphatic heterocycles. The molecule has 0 bridgehead atoms. The fourth-order valence-corrected chi connectivity index (χ4v) is 1.67. The molecule has 84 valence electrons. The molecule has 0 aromatic rings. The fourth-order valence-electron chi connectivity index (χ4n) is 1.67. The predicted molar refractivity (Wildman–Crippen MR) is 61.1 cm³/mol. The van der Waals surface area contributed by atoms with Gasteiger partial charge < -0.3 is 4.74 Å². The van der Waals surface area contributed by atoms with E-state index in [1.54, 1.807) is 0 Å². The summed E-state index contributed by atoms with van der Waals surface area (Å²) in [5.41, 5.74) is 0.383. The number of aliphatic imine (C=N–C) groups is 1. The topological polar surface area (TPSA) is 38.7 Å². The van der Waals surface area contributed by atoms with Crippen molar-refractivity contribution in [3.63, 3.8) is 0 Å². The molecular weight excluding hydrogens is 190 g/mol. The van der Waals surface area contributed by atoms with E-state index >= 15 is 0 Å². The second-order valence-corrected chi connectivity index (χ2v) is 4.33. The zero-order chi connectivity index (χ0) is 11.5. The van der Waals surface area contributed by atoms with Gasteiger partial charge in [0.1, 0.15) is 5.54 Å². The van der Waals surface area contributed by atoms with E-state index in [0.29, 0.717) is 5.90 Å². The van der Waals surface area contributed by atoms with E-state index in [2.05, 4.69) is 18.5 Å². The van der Waals surface area contributed by atoms with Gasteiger partial charge in [-0.25, -0.2) is 4.99 Å². The summed E-state index contributed by atoms with van der Waals surface area (Å²) in [7, 11) is 0. The Morgan fingerprint density at radius 3 is 2.87 bits per heavy atom. The Kier molecular flexibility index (Phi) is 3.66. The molecule has 2 atom stereocenters. The number of ether oxygens (including phenoxy) is 1. The number of carbonyl (C=O) groups is 1. The van der Waals surface area contributed by atoms with Gasteiger partial charge in [-0.2, -0.15) is 0 Å². The summed E-state index contributed by atoms with van der Waals surface area (Å²) in [5, 5.41) is 0. The molecule has 3 nitrogen and oxygen atoms in total. The first kappa shape index (κ1) is 12.0. The van der Waals surface area contributed by atoms with Crippen LogP contribution in [0.1, 0.15) is 40.0 Å². The van der Waals surface area contributed by atoms with Gasteiger partial charge in [-0.1, -0.05) is 26.3 Å². The van der Waals surface area contributed by atoms with Crippen LogP contribution in [0, 0.1) is 0 Å². The van der Waals surface area contributed by atoms with Gasteiger partial charge >= 0.3 is 0 Å². The molecule has 0 saturated carbocycles. The lowest BCUT2D eigenvalue weighted by atomic mass is 9.91. The molecule has 0 aromatic carbocycles. The van der Waals surface area contributed by atoms with Crippen LogP contribution in [0.4, 0.5) is 0 Å². The lowest BCUT2D eigenvalue weighted by molar-refractivity contribution is -0.115. The highest BCUT2D eigenvalue weighted by Gasteiger charge is 2.41. The average Bonchev–Trinajstić information content (AvgIpc) is 2.53. The number of rotatable bonds is 5. The van der Waals surface area contributed by atoms with Gasteiger partial charge in [-0.15, -0.1) is 0 Å². The minimum absolute atomic E-state index is 0.397. The van der Waals surface area contributed by atoms with Crippen molar-refractivity contribution in [2.75, 3.05) is 0 Å². The third-order valence-electron chi connectivity index (χ3n) is 2.73. The molecule has 1 aliphatic rings. The molecule has 15 heavy (non-hydrogen) atoms. The van der Waals surface area contributed by atoms with E-state index in [1.165, 1.54) is 0 Å². The fraction of sp³-hybridized carbons (Fsp3) is 0.667. The third kappa shape index (κ3) is 2.46. The lowest BCUT2D eigenvalue weighted by Gasteiger charge is -2.22. The van der Waals surface area contributed by atoms with Crippen molar-refractivity contribution in [1.82, 2.24) is 0 Å². The van der Waals surface area contributed by atoms with Crippen molar-refractivity contribution < 1.29 is 9.53 Å². The summed E-state index contributed by atoms with van der Waals surface area (Å²) in [4.78, 5) is 15.4. The van der Waals surface area contributed by atoms with Gasteiger partial charge in [0.2, 0.25) is 5.90 Å². The van der Waals surface area contributed by atoms with E-state index < -0.39 is 11.6 Å². The second kappa shape index (κ2) is 4.60. The van der Waals surface area contributed by atoms with E-state index in [4.69, 9.17) is 4.74 Å². The summed E-state index contributed by atoms with van der Waals surface area (Å²) in [6, 6.07) is 0. The van der Waals surface area contributed by atoms with Gasteiger partial charge in [0, 0.05) is 5.57 Å². The van der Waals surface area contributed by atoms with E-state index in [1.807, 2.05) is 13.8 Å². The number of nitrogens with zero attached hydrogens (tertiary/aromatic N) is 1. The van der Waals surface area contributed by atoms with Crippen LogP contribution in [-0.2, 0) is 9.53 Å². The lowest BCUT2D eigenvalue weighted by Crippen LogP contribution is -2.36. The van der Waals surface area contributed by atoms with Gasteiger partial charge in [0.05, 0.1) is 0 Å². The highest BCUT2D eigenvalue weighted by Crippen LogP contribution is 2.31. The Bertz CT molecular complexity index is 296. The van der Waals surface area contributed by atoms with Crippen molar-refractivity contribution >= 4 is 12.2 Å². The van der Waals surface area contributed by atoms with Gasteiger partial charge in [0.25, 0.3) is 0 Å². The maximum atomic E-state index is 10.9. The first-order valence-corrected chi connectivity index (χ1v) is 5.41. The minimum Gasteiger partial charge on any atom is -0.464 e. The van der Waals surface area contributed by atoms with Crippen molar-refractivity contribution in [3.8, 4) is 0 Å². The molecule has 0 spiro atoms. The molecule has 1 rings (SSSR count). The molecule has 0 radical (unpaired) electrons. The molecule has 0 saturated heterocycles. The number of hydrogen-bond acceptors (Lipinski definition) is 3. The van der Waals surface area contributed by atoms with Crippen LogP contribution in [-0.4, -0.2) is 23.8 Å². The van der Waals surface area contributed by atoms with E-state index in [-0.39, 0.29) is 0 Å². The Balaban J connectivity index is 2.82. The summed E-state index contributed by atoms with van der Waals surface area (Å²) >= 11 is 0. The van der Waals surface area contributed by atoms with Crippen LogP contribution in [0.25, 0.3) is 0 Å². The van der Waals surface area contributed by atoms with Crippen LogP contribution in [0.2, 0.25) is 0 Å². The first-order valence-electron chi connectivity index (χ1n) is 5.41. The van der Waals surface area contributed by atoms with Crippen molar-refractivity contribution in [1.29, 1.82) is 0 Å². The van der Waals surface area contributed by atoms with Gasteiger partial charge in [-0.05, 0) is 20.3 Å². The van der Waals surface area contributed by atoms with Crippen LogP contribution in [0.5, 0.6) is 0 Å². The smallest absolute Gasteiger partial charge is 0.212 e. The normalized spacial score (nSPS) is 29.5. The zero-order valence-corrected chi connectivity index (χ0v) is 9.75. The standard InChI is InChI=1S/C12H19NO2/c1-5-6-7-12(4)10(8-14)15-11(13-12)9(2)3/h8,10H,2,5-7H2,1,3-4H3. The first-order chi connectivity index (χ1) is 7.03. The minimum atomic E-state index is -0.448. The number of hydrogen-bond donors (Lipinski definition) is 0. The highest BCUT2D eigenvalue weighted by atomic mass is 16.5. The molecule has 1 heterocycles. The van der Waals surface area contributed by atoms with Crippen molar-refractivity contribution in [3.05, 3.63) is 12.2 Å². The van der Waals surface area contributed by atoms with Crippen LogP contribution in [0.3, 0.4) is 0 Å². The molecular formula is C12H19NO2. The summed E-state index contributed by atoms with van der Waals surface area (Å²) < 4.78 is 5.47. The number of unbranched alkanes of at least 4 members (excludes halogenated alkanes) is 1.